The smallest absolute Gasteiger partial charge is 0.162 e. The molecule has 12 aromatic rings. The Morgan fingerprint density at radius 2 is 0.687 bits per heavy atom. The van der Waals surface area contributed by atoms with Crippen LogP contribution in [0.25, 0.3) is 76.6 Å². The second-order valence-electron chi connectivity index (χ2n) is 20.2. The van der Waals surface area contributed by atoms with Crippen LogP contribution in [0.2, 0.25) is 0 Å². The van der Waals surface area contributed by atoms with Crippen molar-refractivity contribution in [3.63, 3.8) is 0 Å². The van der Waals surface area contributed by atoms with Crippen molar-refractivity contribution in [1.29, 1.82) is 0 Å². The summed E-state index contributed by atoms with van der Waals surface area (Å²) >= 11 is 0. The van der Waals surface area contributed by atoms with Crippen LogP contribution < -0.4 is 9.80 Å². The molecule has 0 aliphatic rings. The molecule has 12 rings (SSSR count). The summed E-state index contributed by atoms with van der Waals surface area (Å²) in [6.45, 7) is 17.9. The van der Waals surface area contributed by atoms with Crippen molar-refractivity contribution in [1.82, 2.24) is 0 Å². The lowest BCUT2D eigenvalue weighted by Crippen LogP contribution is -2.15. The highest BCUT2D eigenvalue weighted by molar-refractivity contribution is 6.29. The maximum Gasteiger partial charge on any atom is 0.162 e. The summed E-state index contributed by atoms with van der Waals surface area (Å²) in [6.07, 6.45) is 0. The summed E-state index contributed by atoms with van der Waals surface area (Å²) < 4.78 is 21.7. The largest absolute Gasteiger partial charge is 0.454 e. The van der Waals surface area contributed by atoms with Gasteiger partial charge >= 0.3 is 0 Å². The Morgan fingerprint density at radius 1 is 0.313 bits per heavy atom. The molecule has 0 radical (unpaired) electrons. The maximum atomic E-state index is 7.35. The molecule has 0 saturated carbocycles. The lowest BCUT2D eigenvalue weighted by atomic mass is 9.86. The summed E-state index contributed by atoms with van der Waals surface area (Å²) in [5.41, 5.74) is 15.3. The third kappa shape index (κ3) is 6.21. The van der Waals surface area contributed by atoms with E-state index < -0.39 is 0 Å². The van der Waals surface area contributed by atoms with E-state index in [4.69, 9.17) is 13.3 Å². The van der Waals surface area contributed by atoms with E-state index in [1.807, 2.05) is 0 Å². The molecule has 5 nitrogen and oxygen atoms in total. The summed E-state index contributed by atoms with van der Waals surface area (Å²) in [5, 5.41) is 8.47. The van der Waals surface area contributed by atoms with Crippen LogP contribution >= 0.6 is 0 Å². The standard InChI is InChI=1S/C62H52N2O3/c1-37-21-9-14-32-48(37)63(50-34-19-28-43-41-26-17-30-46(61(3,4)5)56(41)66-58(43)50)54-39-23-11-12-24-40(39)55(60-53(54)45-25-13-16-36-52(45)65-60)64(49-33-15-10-22-38(49)2)51-35-20-29-44-42-27-18-31-47(62(6,7)8)57(42)67-59(44)51/h9-36H,1-8H3. The third-order valence-electron chi connectivity index (χ3n) is 13.7. The van der Waals surface area contributed by atoms with Gasteiger partial charge in [-0.05, 0) is 66.1 Å². The molecule has 0 fully saturated rings. The molecule has 67 heavy (non-hydrogen) atoms. The van der Waals surface area contributed by atoms with Gasteiger partial charge in [-0.25, -0.2) is 0 Å². The van der Waals surface area contributed by atoms with E-state index >= 15 is 0 Å². The zero-order chi connectivity index (χ0) is 45.9. The number of benzene rings is 9. The van der Waals surface area contributed by atoms with Crippen LogP contribution in [0, 0.1) is 13.8 Å². The molecule has 0 bridgehead atoms. The van der Waals surface area contributed by atoms with Crippen LogP contribution in [0.15, 0.2) is 183 Å². The molecular weight excluding hydrogens is 821 g/mol. The first-order chi connectivity index (χ1) is 32.4. The van der Waals surface area contributed by atoms with E-state index in [-0.39, 0.29) is 10.8 Å². The number of furan rings is 3. The highest BCUT2D eigenvalue weighted by atomic mass is 16.3. The van der Waals surface area contributed by atoms with E-state index in [2.05, 4.69) is 235 Å². The van der Waals surface area contributed by atoms with Crippen molar-refractivity contribution in [2.45, 2.75) is 66.2 Å². The molecule has 0 aliphatic carbocycles. The van der Waals surface area contributed by atoms with Gasteiger partial charge in [-0.2, -0.15) is 0 Å². The Balaban J connectivity index is 1.25. The fourth-order valence-corrected chi connectivity index (χ4v) is 10.6. The van der Waals surface area contributed by atoms with Crippen LogP contribution in [-0.2, 0) is 10.8 Å². The number of anilines is 6. The van der Waals surface area contributed by atoms with Gasteiger partial charge in [0.05, 0.1) is 28.1 Å². The van der Waals surface area contributed by atoms with Gasteiger partial charge in [0.25, 0.3) is 0 Å². The minimum Gasteiger partial charge on any atom is -0.454 e. The average molecular weight is 873 g/mol. The number of rotatable bonds is 6. The predicted octanol–water partition coefficient (Wildman–Crippen LogP) is 18.7. The van der Waals surface area contributed by atoms with Crippen molar-refractivity contribution in [2.75, 3.05) is 9.80 Å². The van der Waals surface area contributed by atoms with E-state index in [9.17, 15) is 0 Å². The summed E-state index contributed by atoms with van der Waals surface area (Å²) in [5.74, 6) is 0. The molecule has 0 unspecified atom stereocenters. The lowest BCUT2D eigenvalue weighted by Gasteiger charge is -2.32. The molecular formula is C62H52N2O3. The molecule has 0 aliphatic heterocycles. The maximum absolute atomic E-state index is 7.35. The van der Waals surface area contributed by atoms with Gasteiger partial charge in [-0.3, -0.25) is 0 Å². The van der Waals surface area contributed by atoms with Gasteiger partial charge in [0, 0.05) is 60.2 Å². The first-order valence-corrected chi connectivity index (χ1v) is 23.4. The molecule has 328 valence electrons. The number of fused-ring (bicyclic) bond motifs is 10. The number of hydrogen-bond acceptors (Lipinski definition) is 5. The molecule has 3 heterocycles. The van der Waals surface area contributed by atoms with Crippen LogP contribution in [0.3, 0.4) is 0 Å². The van der Waals surface area contributed by atoms with E-state index in [0.29, 0.717) is 0 Å². The fraction of sp³-hybridized carbons (Fsp3) is 0.161. The zero-order valence-corrected chi connectivity index (χ0v) is 39.3. The second kappa shape index (κ2) is 14.9. The Kier molecular flexibility index (Phi) is 9.05. The van der Waals surface area contributed by atoms with Crippen LogP contribution in [0.5, 0.6) is 0 Å². The van der Waals surface area contributed by atoms with Crippen molar-refractivity contribution in [3.8, 4) is 0 Å². The molecule has 0 amide bonds. The molecule has 3 aromatic heterocycles. The van der Waals surface area contributed by atoms with E-state index in [1.54, 1.807) is 0 Å². The van der Waals surface area contributed by atoms with Crippen LogP contribution in [-0.4, -0.2) is 0 Å². The first-order valence-electron chi connectivity index (χ1n) is 23.4. The third-order valence-corrected chi connectivity index (χ3v) is 13.7. The Morgan fingerprint density at radius 3 is 1.18 bits per heavy atom. The molecule has 5 heteroatoms. The second-order valence-corrected chi connectivity index (χ2v) is 20.2. The zero-order valence-electron chi connectivity index (χ0n) is 39.3. The van der Waals surface area contributed by atoms with Crippen molar-refractivity contribution in [2.24, 2.45) is 0 Å². The quantitative estimate of drug-likeness (QED) is 0.156. The highest BCUT2D eigenvalue weighted by Crippen LogP contribution is 2.56. The monoisotopic (exact) mass is 872 g/mol. The average Bonchev–Trinajstić information content (AvgIpc) is 4.02. The minimum absolute atomic E-state index is 0.123. The normalized spacial score (nSPS) is 12.5. The van der Waals surface area contributed by atoms with Crippen molar-refractivity contribution < 1.29 is 13.3 Å². The number of aryl methyl sites for hydroxylation is 2. The number of hydrogen-bond donors (Lipinski definition) is 0. The topological polar surface area (TPSA) is 45.9 Å². The molecule has 0 atom stereocenters. The molecule has 0 spiro atoms. The minimum atomic E-state index is -0.125. The predicted molar refractivity (Wildman–Crippen MR) is 282 cm³/mol. The summed E-state index contributed by atoms with van der Waals surface area (Å²) in [6, 6.07) is 60.8. The number of para-hydroxylation sites is 7. The van der Waals surface area contributed by atoms with E-state index in [1.165, 1.54) is 11.1 Å². The van der Waals surface area contributed by atoms with Gasteiger partial charge in [0.2, 0.25) is 0 Å². The Hall–Kier alpha value is -7.76. The van der Waals surface area contributed by atoms with Crippen molar-refractivity contribution in [3.05, 3.63) is 192 Å². The van der Waals surface area contributed by atoms with E-state index in [0.717, 1.165) is 122 Å². The molecule has 0 N–H and O–H groups in total. The van der Waals surface area contributed by atoms with Gasteiger partial charge < -0.3 is 23.1 Å². The molecule has 0 saturated heterocycles. The van der Waals surface area contributed by atoms with Gasteiger partial charge in [0.15, 0.2) is 16.7 Å². The molecule has 9 aromatic carbocycles. The summed E-state index contributed by atoms with van der Waals surface area (Å²) in [7, 11) is 0. The van der Waals surface area contributed by atoms with Gasteiger partial charge in [-0.1, -0.05) is 181 Å². The highest BCUT2D eigenvalue weighted by Gasteiger charge is 2.33. The Bertz CT molecular complexity index is 3940. The summed E-state index contributed by atoms with van der Waals surface area (Å²) in [4.78, 5) is 4.82. The number of nitrogens with zero attached hydrogens (tertiary/aromatic N) is 2. The first kappa shape index (κ1) is 40.7. The lowest BCUT2D eigenvalue weighted by molar-refractivity contribution is 0.572. The Labute approximate surface area is 390 Å². The van der Waals surface area contributed by atoms with Gasteiger partial charge in [0.1, 0.15) is 16.7 Å². The van der Waals surface area contributed by atoms with Crippen LogP contribution in [0.4, 0.5) is 34.1 Å². The SMILES string of the molecule is Cc1ccccc1N(c1cccc2c1oc1c(C(C)(C)C)cccc12)c1c2ccccc2c(N(c2ccccc2C)c2cccc3c2oc2c(C(C)(C)C)cccc23)c2c1oc1ccccc12. The van der Waals surface area contributed by atoms with Crippen molar-refractivity contribution >= 4 is 111 Å². The van der Waals surface area contributed by atoms with Gasteiger partial charge in [-0.15, -0.1) is 0 Å². The fourth-order valence-electron chi connectivity index (χ4n) is 10.6. The van der Waals surface area contributed by atoms with Crippen LogP contribution in [0.1, 0.15) is 63.8 Å².